The summed E-state index contributed by atoms with van der Waals surface area (Å²) in [6.07, 6.45) is 0.973. The molecule has 9 nitrogen and oxygen atoms in total. The maximum atomic E-state index is 12.6. The highest BCUT2D eigenvalue weighted by atomic mass is 35.5. The Labute approximate surface area is 162 Å². The molecule has 0 aromatic heterocycles. The molecule has 1 aliphatic rings. The number of nitrogens with zero attached hydrogens (tertiary/aromatic N) is 2. The molecule has 0 saturated carbocycles. The van der Waals surface area contributed by atoms with Crippen LogP contribution in [0, 0.1) is 0 Å². The molecule has 148 valence electrons. The van der Waals surface area contributed by atoms with E-state index in [1.165, 1.54) is 18.9 Å². The minimum Gasteiger partial charge on any atom is -0.345 e. The first-order valence-corrected chi connectivity index (χ1v) is 10.2. The van der Waals surface area contributed by atoms with Crippen LogP contribution in [-0.4, -0.2) is 73.8 Å². The first-order chi connectivity index (χ1) is 12.4. The number of carbonyl (C=O) groups is 3. The Bertz CT molecular complexity index is 875. The Morgan fingerprint density at radius 3 is 2.52 bits per heavy atom. The average molecular weight is 417 g/mol. The second kappa shape index (κ2) is 7.83. The van der Waals surface area contributed by atoms with Gasteiger partial charge in [0.25, 0.3) is 0 Å². The van der Waals surface area contributed by atoms with Crippen LogP contribution in [-0.2, 0) is 24.4 Å². The van der Waals surface area contributed by atoms with E-state index in [-0.39, 0.29) is 19.6 Å². The third-order valence-electron chi connectivity index (χ3n) is 4.43. The second-order valence-electron chi connectivity index (χ2n) is 6.47. The highest BCUT2D eigenvalue weighted by Crippen LogP contribution is 2.23. The van der Waals surface area contributed by atoms with Crippen LogP contribution >= 0.6 is 11.6 Å². The van der Waals surface area contributed by atoms with Gasteiger partial charge >= 0.3 is 0 Å². The Kier molecular flexibility index (Phi) is 6.13. The van der Waals surface area contributed by atoms with Gasteiger partial charge in [-0.2, -0.15) is 4.31 Å². The molecule has 1 aliphatic heterocycles. The van der Waals surface area contributed by atoms with Gasteiger partial charge in [-0.05, 0) is 19.1 Å². The van der Waals surface area contributed by atoms with Crippen LogP contribution in [0.25, 0.3) is 0 Å². The number of sulfonamides is 1. The Morgan fingerprint density at radius 1 is 1.30 bits per heavy atom. The lowest BCUT2D eigenvalue weighted by Gasteiger charge is -2.44. The minimum atomic E-state index is -3.65. The smallest absolute Gasteiger partial charge is 0.247 e. The molecule has 0 radical (unpaired) electrons. The van der Waals surface area contributed by atoms with E-state index in [1.807, 2.05) is 0 Å². The summed E-state index contributed by atoms with van der Waals surface area (Å²) in [6.45, 7) is 0.557. The molecule has 1 aromatic carbocycles. The Morgan fingerprint density at radius 2 is 1.93 bits per heavy atom. The Hall–Kier alpha value is -2.17. The fourth-order valence-corrected chi connectivity index (χ4v) is 3.62. The van der Waals surface area contributed by atoms with Crippen molar-refractivity contribution in [3.8, 4) is 0 Å². The number of hydrogen-bond acceptors (Lipinski definition) is 5. The maximum Gasteiger partial charge on any atom is 0.247 e. The van der Waals surface area contributed by atoms with Crippen LogP contribution in [0.1, 0.15) is 6.92 Å². The lowest BCUT2D eigenvalue weighted by molar-refractivity contribution is -0.150. The van der Waals surface area contributed by atoms with Crippen molar-refractivity contribution in [2.45, 2.75) is 12.5 Å². The van der Waals surface area contributed by atoms with Crippen LogP contribution in [0.2, 0.25) is 5.02 Å². The fourth-order valence-electron chi connectivity index (χ4n) is 2.60. The van der Waals surface area contributed by atoms with E-state index in [1.54, 1.807) is 24.3 Å². The summed E-state index contributed by atoms with van der Waals surface area (Å²) in [6, 6.07) is 6.63. The van der Waals surface area contributed by atoms with Crippen molar-refractivity contribution in [1.29, 1.82) is 0 Å². The molecule has 1 atom stereocenters. The summed E-state index contributed by atoms with van der Waals surface area (Å²) in [5, 5.41) is 5.36. The zero-order chi connectivity index (χ0) is 20.4. The molecule has 11 heteroatoms. The van der Waals surface area contributed by atoms with Gasteiger partial charge in [0.2, 0.25) is 27.7 Å². The molecule has 3 amide bonds. The maximum absolute atomic E-state index is 12.6. The Balaban J connectivity index is 2.05. The van der Waals surface area contributed by atoms with Crippen molar-refractivity contribution in [1.82, 2.24) is 14.5 Å². The first kappa shape index (κ1) is 21.1. The number of likely N-dealkylation sites (N-methyl/N-ethyl adjacent to an activating group) is 1. The highest BCUT2D eigenvalue weighted by molar-refractivity contribution is 7.88. The van der Waals surface area contributed by atoms with Crippen molar-refractivity contribution in [2.75, 3.05) is 38.3 Å². The summed E-state index contributed by atoms with van der Waals surface area (Å²) in [5.74, 6) is -1.66. The number of rotatable bonds is 5. The number of nitrogens with one attached hydrogen (secondary N) is 2. The van der Waals surface area contributed by atoms with Gasteiger partial charge in [-0.1, -0.05) is 23.7 Å². The highest BCUT2D eigenvalue weighted by Gasteiger charge is 2.47. The zero-order valence-corrected chi connectivity index (χ0v) is 16.7. The third kappa shape index (κ3) is 4.76. The lowest BCUT2D eigenvalue weighted by Crippen LogP contribution is -2.68. The summed E-state index contributed by atoms with van der Waals surface area (Å²) in [5.41, 5.74) is -1.04. The number of hydrogen-bond donors (Lipinski definition) is 2. The van der Waals surface area contributed by atoms with Crippen LogP contribution in [0.4, 0.5) is 5.69 Å². The SMILES string of the molecule is CN1C(=O)CN(S(C)(=O)=O)C[C@]1(C)C(=O)NCC(=O)Nc1ccccc1Cl. The summed E-state index contributed by atoms with van der Waals surface area (Å²) >= 11 is 5.96. The van der Waals surface area contributed by atoms with Gasteiger partial charge in [0.1, 0.15) is 5.54 Å². The lowest BCUT2D eigenvalue weighted by atomic mass is 9.96. The molecule has 0 bridgehead atoms. The molecule has 1 aromatic rings. The first-order valence-electron chi connectivity index (χ1n) is 7.99. The van der Waals surface area contributed by atoms with E-state index < -0.39 is 33.3 Å². The number of carbonyl (C=O) groups excluding carboxylic acids is 3. The van der Waals surface area contributed by atoms with Crippen LogP contribution < -0.4 is 10.6 Å². The second-order valence-corrected chi connectivity index (χ2v) is 8.86. The topological polar surface area (TPSA) is 116 Å². The molecular formula is C16H21ClN4O5S. The largest absolute Gasteiger partial charge is 0.345 e. The van der Waals surface area contributed by atoms with Gasteiger partial charge in [-0.3, -0.25) is 14.4 Å². The number of piperazine rings is 1. The predicted molar refractivity (Wildman–Crippen MR) is 101 cm³/mol. The molecule has 0 aliphatic carbocycles. The van der Waals surface area contributed by atoms with Crippen molar-refractivity contribution in [3.63, 3.8) is 0 Å². The number of amides is 3. The molecule has 1 saturated heterocycles. The molecule has 1 heterocycles. The predicted octanol–water partition coefficient (Wildman–Crippen LogP) is -0.113. The van der Waals surface area contributed by atoms with Crippen molar-refractivity contribution >= 4 is 45.0 Å². The van der Waals surface area contributed by atoms with Crippen molar-refractivity contribution in [2.24, 2.45) is 0 Å². The van der Waals surface area contributed by atoms with Gasteiger partial charge in [0.15, 0.2) is 0 Å². The van der Waals surface area contributed by atoms with E-state index in [9.17, 15) is 22.8 Å². The summed E-state index contributed by atoms with van der Waals surface area (Å²) in [4.78, 5) is 38.0. The average Bonchev–Trinajstić information content (AvgIpc) is 2.58. The molecule has 2 N–H and O–H groups in total. The van der Waals surface area contributed by atoms with Gasteiger partial charge in [0, 0.05) is 13.6 Å². The van der Waals surface area contributed by atoms with E-state index in [0.717, 1.165) is 10.6 Å². The summed E-state index contributed by atoms with van der Waals surface area (Å²) in [7, 11) is -2.23. The number of anilines is 1. The third-order valence-corrected chi connectivity index (χ3v) is 5.95. The standard InChI is InChI=1S/C16H21ClN4O5S/c1-16(10-21(27(3,25)26)9-14(23)20(16)2)15(24)18-8-13(22)19-12-7-5-4-6-11(12)17/h4-7H,8-10H2,1-3H3,(H,18,24)(H,19,22)/t16-/m1/s1. The number of halogens is 1. The van der Waals surface area contributed by atoms with Crippen LogP contribution in [0.15, 0.2) is 24.3 Å². The number of para-hydroxylation sites is 1. The minimum absolute atomic E-state index is 0.202. The van der Waals surface area contributed by atoms with E-state index in [0.29, 0.717) is 10.7 Å². The van der Waals surface area contributed by atoms with Gasteiger partial charge < -0.3 is 15.5 Å². The molecule has 1 fully saturated rings. The van der Waals surface area contributed by atoms with Crippen LogP contribution in [0.5, 0.6) is 0 Å². The zero-order valence-electron chi connectivity index (χ0n) is 15.2. The van der Waals surface area contributed by atoms with E-state index >= 15 is 0 Å². The molecule has 0 unspecified atom stereocenters. The van der Waals surface area contributed by atoms with Gasteiger partial charge in [-0.15, -0.1) is 0 Å². The van der Waals surface area contributed by atoms with Gasteiger partial charge in [0.05, 0.1) is 30.1 Å². The normalized spacial score (nSPS) is 21.0. The van der Waals surface area contributed by atoms with Crippen molar-refractivity contribution < 1.29 is 22.8 Å². The molecule has 2 rings (SSSR count). The monoisotopic (exact) mass is 416 g/mol. The van der Waals surface area contributed by atoms with E-state index in [2.05, 4.69) is 10.6 Å². The molecular weight excluding hydrogens is 396 g/mol. The quantitative estimate of drug-likeness (QED) is 0.694. The number of benzene rings is 1. The molecule has 27 heavy (non-hydrogen) atoms. The van der Waals surface area contributed by atoms with Crippen molar-refractivity contribution in [3.05, 3.63) is 29.3 Å². The van der Waals surface area contributed by atoms with E-state index in [4.69, 9.17) is 11.6 Å². The molecule has 0 spiro atoms. The summed E-state index contributed by atoms with van der Waals surface area (Å²) < 4.78 is 24.5. The van der Waals surface area contributed by atoms with Gasteiger partial charge in [-0.25, -0.2) is 8.42 Å². The van der Waals surface area contributed by atoms with Crippen LogP contribution in [0.3, 0.4) is 0 Å². The fraction of sp³-hybridized carbons (Fsp3) is 0.438.